The molecule has 1 saturated heterocycles. The van der Waals surface area contributed by atoms with Crippen molar-refractivity contribution in [2.75, 3.05) is 13.1 Å². The van der Waals surface area contributed by atoms with Crippen LogP contribution in [0.25, 0.3) is 0 Å². The number of nitrogens with two attached hydrogens (primary N) is 1. The number of hydrogen-bond acceptors (Lipinski definition) is 3. The topological polar surface area (TPSA) is 83.6 Å². The minimum Gasteiger partial charge on any atom is -0.481 e. The molecular formula is C13H24N2O3. The van der Waals surface area contributed by atoms with Gasteiger partial charge in [-0.05, 0) is 25.2 Å². The monoisotopic (exact) mass is 256 g/mol. The van der Waals surface area contributed by atoms with Gasteiger partial charge in [-0.15, -0.1) is 0 Å². The first-order valence-corrected chi connectivity index (χ1v) is 6.60. The summed E-state index contributed by atoms with van der Waals surface area (Å²) in [6.45, 7) is 6.69. The summed E-state index contributed by atoms with van der Waals surface area (Å²) in [6, 6.07) is -0.508. The number of carbonyl (C=O) groups excluding carboxylic acids is 1. The van der Waals surface area contributed by atoms with Gasteiger partial charge in [0.15, 0.2) is 0 Å². The smallest absolute Gasteiger partial charge is 0.311 e. The maximum Gasteiger partial charge on any atom is 0.311 e. The Balaban J connectivity index is 2.66. The number of hydrogen-bond donors (Lipinski definition) is 2. The van der Waals surface area contributed by atoms with Crippen LogP contribution in [-0.2, 0) is 9.59 Å². The first-order chi connectivity index (χ1) is 8.32. The van der Waals surface area contributed by atoms with Crippen molar-refractivity contribution < 1.29 is 14.7 Å². The van der Waals surface area contributed by atoms with Crippen LogP contribution in [0.4, 0.5) is 0 Å². The molecule has 1 aliphatic rings. The van der Waals surface area contributed by atoms with E-state index in [-0.39, 0.29) is 5.91 Å². The zero-order valence-electron chi connectivity index (χ0n) is 11.5. The second kappa shape index (κ2) is 5.69. The van der Waals surface area contributed by atoms with Crippen molar-refractivity contribution in [3.8, 4) is 0 Å². The summed E-state index contributed by atoms with van der Waals surface area (Å²) in [5.74, 6) is -0.556. The summed E-state index contributed by atoms with van der Waals surface area (Å²) in [7, 11) is 0. The lowest BCUT2D eigenvalue weighted by atomic mass is 9.84. The zero-order valence-corrected chi connectivity index (χ0v) is 11.5. The zero-order chi connectivity index (χ0) is 13.9. The van der Waals surface area contributed by atoms with Crippen LogP contribution < -0.4 is 5.73 Å². The molecule has 1 unspecified atom stereocenters. The van der Waals surface area contributed by atoms with Crippen LogP contribution in [-0.4, -0.2) is 41.0 Å². The Kier molecular flexibility index (Phi) is 4.73. The number of carbonyl (C=O) groups is 2. The number of amides is 1. The average Bonchev–Trinajstić information content (AvgIpc) is 2.72. The van der Waals surface area contributed by atoms with Crippen LogP contribution in [0.15, 0.2) is 0 Å². The largest absolute Gasteiger partial charge is 0.481 e. The van der Waals surface area contributed by atoms with E-state index in [0.717, 1.165) is 0 Å². The molecule has 1 fully saturated rings. The molecule has 0 aromatic heterocycles. The molecule has 1 amide bonds. The van der Waals surface area contributed by atoms with Gasteiger partial charge in [0.05, 0.1) is 11.5 Å². The van der Waals surface area contributed by atoms with Crippen molar-refractivity contribution >= 4 is 11.9 Å². The van der Waals surface area contributed by atoms with E-state index in [1.165, 1.54) is 0 Å². The quantitative estimate of drug-likeness (QED) is 0.770. The summed E-state index contributed by atoms with van der Waals surface area (Å²) in [5.41, 5.74) is 5.09. The van der Waals surface area contributed by atoms with E-state index in [4.69, 9.17) is 5.73 Å². The van der Waals surface area contributed by atoms with Gasteiger partial charge in [0.25, 0.3) is 0 Å². The Morgan fingerprint density at radius 3 is 2.44 bits per heavy atom. The summed E-state index contributed by atoms with van der Waals surface area (Å²) in [5, 5.41) is 9.28. The lowest BCUT2D eigenvalue weighted by Gasteiger charge is -2.25. The Morgan fingerprint density at radius 1 is 1.44 bits per heavy atom. The van der Waals surface area contributed by atoms with Crippen LogP contribution >= 0.6 is 0 Å². The van der Waals surface area contributed by atoms with Crippen molar-refractivity contribution in [2.24, 2.45) is 17.1 Å². The molecule has 1 aliphatic heterocycles. The minimum absolute atomic E-state index is 0.111. The van der Waals surface area contributed by atoms with E-state index in [1.807, 2.05) is 20.8 Å². The molecule has 1 rings (SSSR count). The summed E-state index contributed by atoms with van der Waals surface area (Å²) in [4.78, 5) is 25.0. The molecule has 2 atom stereocenters. The standard InChI is InChI=1S/C13H24N2O3/c1-4-13(12(17)18)5-6-15(8-13)11(16)10(14)7-9(2)3/h9-10H,4-8,14H2,1-3H3,(H,17,18)/t10-,13?/m0/s1. The van der Waals surface area contributed by atoms with Crippen molar-refractivity contribution in [3.63, 3.8) is 0 Å². The third-order valence-electron chi connectivity index (χ3n) is 3.84. The lowest BCUT2D eigenvalue weighted by Crippen LogP contribution is -2.45. The highest BCUT2D eigenvalue weighted by Gasteiger charge is 2.45. The summed E-state index contributed by atoms with van der Waals surface area (Å²) >= 11 is 0. The lowest BCUT2D eigenvalue weighted by molar-refractivity contribution is -0.148. The number of aliphatic carboxylic acids is 1. The normalized spacial score (nSPS) is 25.5. The molecule has 1 heterocycles. The van der Waals surface area contributed by atoms with Crippen LogP contribution in [0.3, 0.4) is 0 Å². The summed E-state index contributed by atoms with van der Waals surface area (Å²) < 4.78 is 0. The van der Waals surface area contributed by atoms with E-state index in [2.05, 4.69) is 0 Å². The molecule has 5 nitrogen and oxygen atoms in total. The second-order valence-corrected chi connectivity index (χ2v) is 5.68. The highest BCUT2D eigenvalue weighted by Crippen LogP contribution is 2.34. The number of rotatable bonds is 5. The van der Waals surface area contributed by atoms with Crippen LogP contribution in [0.5, 0.6) is 0 Å². The predicted molar refractivity (Wildman–Crippen MR) is 69.0 cm³/mol. The van der Waals surface area contributed by atoms with Crippen molar-refractivity contribution in [3.05, 3.63) is 0 Å². The molecule has 0 bridgehead atoms. The molecule has 104 valence electrons. The van der Waals surface area contributed by atoms with E-state index in [0.29, 0.717) is 38.3 Å². The number of likely N-dealkylation sites (tertiary alicyclic amines) is 1. The third kappa shape index (κ3) is 3.02. The maximum atomic E-state index is 12.1. The highest BCUT2D eigenvalue weighted by atomic mass is 16.4. The predicted octanol–water partition coefficient (Wildman–Crippen LogP) is 1.07. The first kappa shape index (κ1) is 15.0. The van der Waals surface area contributed by atoms with Gasteiger partial charge in [0, 0.05) is 13.1 Å². The van der Waals surface area contributed by atoms with Gasteiger partial charge in [-0.25, -0.2) is 0 Å². The Hall–Kier alpha value is -1.10. The molecule has 0 spiro atoms. The van der Waals surface area contributed by atoms with E-state index in [9.17, 15) is 14.7 Å². The molecular weight excluding hydrogens is 232 g/mol. The molecule has 0 aromatic carbocycles. The fourth-order valence-electron chi connectivity index (χ4n) is 2.52. The Labute approximate surface area is 108 Å². The van der Waals surface area contributed by atoms with Gasteiger partial charge >= 0.3 is 5.97 Å². The highest BCUT2D eigenvalue weighted by molar-refractivity contribution is 5.84. The van der Waals surface area contributed by atoms with Crippen molar-refractivity contribution in [1.82, 2.24) is 4.90 Å². The molecule has 0 radical (unpaired) electrons. The number of nitrogens with zero attached hydrogens (tertiary/aromatic N) is 1. The molecule has 5 heteroatoms. The van der Waals surface area contributed by atoms with Crippen LogP contribution in [0, 0.1) is 11.3 Å². The van der Waals surface area contributed by atoms with Crippen LogP contribution in [0.2, 0.25) is 0 Å². The van der Waals surface area contributed by atoms with Gasteiger partial charge in [-0.2, -0.15) is 0 Å². The van der Waals surface area contributed by atoms with Gasteiger partial charge in [-0.1, -0.05) is 20.8 Å². The summed E-state index contributed by atoms with van der Waals surface area (Å²) in [6.07, 6.45) is 1.71. The Morgan fingerprint density at radius 2 is 2.06 bits per heavy atom. The SMILES string of the molecule is CCC1(C(=O)O)CCN(C(=O)[C@@H](N)CC(C)C)C1. The second-order valence-electron chi connectivity index (χ2n) is 5.68. The fraction of sp³-hybridized carbons (Fsp3) is 0.846. The van der Waals surface area contributed by atoms with Gasteiger partial charge < -0.3 is 15.7 Å². The Bertz CT molecular complexity index is 330. The fourth-order valence-corrected chi connectivity index (χ4v) is 2.52. The van der Waals surface area contributed by atoms with Crippen molar-refractivity contribution in [2.45, 2.75) is 46.1 Å². The molecule has 0 aromatic rings. The van der Waals surface area contributed by atoms with E-state index in [1.54, 1.807) is 4.90 Å². The maximum absolute atomic E-state index is 12.1. The van der Waals surface area contributed by atoms with Gasteiger partial charge in [0.2, 0.25) is 5.91 Å². The van der Waals surface area contributed by atoms with Gasteiger partial charge in [0.1, 0.15) is 0 Å². The molecule has 18 heavy (non-hydrogen) atoms. The minimum atomic E-state index is -0.808. The van der Waals surface area contributed by atoms with Crippen LogP contribution in [0.1, 0.15) is 40.0 Å². The first-order valence-electron chi connectivity index (χ1n) is 6.60. The number of carboxylic acid groups (broad SMARTS) is 1. The van der Waals surface area contributed by atoms with E-state index >= 15 is 0 Å². The van der Waals surface area contributed by atoms with Gasteiger partial charge in [-0.3, -0.25) is 9.59 Å². The third-order valence-corrected chi connectivity index (χ3v) is 3.84. The molecule has 0 saturated carbocycles. The van der Waals surface area contributed by atoms with Crippen molar-refractivity contribution in [1.29, 1.82) is 0 Å². The molecule has 3 N–H and O–H groups in total. The average molecular weight is 256 g/mol. The van der Waals surface area contributed by atoms with E-state index < -0.39 is 17.4 Å². The molecule has 0 aliphatic carbocycles. The number of carboxylic acids is 1.